The van der Waals surface area contributed by atoms with E-state index in [0.717, 1.165) is 15.2 Å². The number of anilines is 1. The highest BCUT2D eigenvalue weighted by atomic mass is 79.9. The average molecular weight is 347 g/mol. The molecule has 1 aromatic carbocycles. The van der Waals surface area contributed by atoms with Gasteiger partial charge in [0, 0.05) is 34.8 Å². The molecule has 1 aromatic heterocycles. The largest absolute Gasteiger partial charge is 0.310 e. The molecule has 108 valence electrons. The van der Waals surface area contributed by atoms with Crippen LogP contribution >= 0.6 is 15.9 Å². The summed E-state index contributed by atoms with van der Waals surface area (Å²) in [5.41, 5.74) is 0. The molecule has 0 atom stereocenters. The molecule has 3 rings (SSSR count). The Balaban J connectivity index is 1.81. The minimum atomic E-state index is -0.0878. The van der Waals surface area contributed by atoms with Crippen LogP contribution in [0, 0.1) is 5.92 Å². The van der Waals surface area contributed by atoms with Crippen molar-refractivity contribution < 1.29 is 9.59 Å². The molecule has 1 heterocycles. The number of carbonyl (C=O) groups is 2. The molecule has 1 aliphatic rings. The molecule has 2 aromatic rings. The Morgan fingerprint density at radius 2 is 2.00 bits per heavy atom. The summed E-state index contributed by atoms with van der Waals surface area (Å²) in [6, 6.07) is 7.77. The van der Waals surface area contributed by atoms with Gasteiger partial charge in [-0.15, -0.1) is 0 Å². The van der Waals surface area contributed by atoms with Gasteiger partial charge in [-0.2, -0.15) is 0 Å². The molecule has 21 heavy (non-hydrogen) atoms. The van der Waals surface area contributed by atoms with Gasteiger partial charge in [0.2, 0.25) is 5.91 Å². The summed E-state index contributed by atoms with van der Waals surface area (Å²) in [5.74, 6) is 0.717. The maximum atomic E-state index is 12.3. The van der Waals surface area contributed by atoms with E-state index in [0.29, 0.717) is 31.5 Å². The van der Waals surface area contributed by atoms with Crippen molar-refractivity contribution in [2.75, 3.05) is 5.32 Å². The molecule has 1 N–H and O–H groups in total. The van der Waals surface area contributed by atoms with E-state index in [-0.39, 0.29) is 17.6 Å². The van der Waals surface area contributed by atoms with Crippen LogP contribution in [0.1, 0.15) is 25.7 Å². The second-order valence-corrected chi connectivity index (χ2v) is 6.24. The molecule has 0 bridgehead atoms. The lowest BCUT2D eigenvalue weighted by atomic mass is 9.88. The van der Waals surface area contributed by atoms with E-state index in [1.54, 1.807) is 6.20 Å². The Hall–Kier alpha value is -1.75. The van der Waals surface area contributed by atoms with E-state index < -0.39 is 0 Å². The van der Waals surface area contributed by atoms with E-state index >= 15 is 0 Å². The molecular weight excluding hydrogens is 332 g/mol. The molecule has 1 saturated carbocycles. The van der Waals surface area contributed by atoms with E-state index in [4.69, 9.17) is 0 Å². The Morgan fingerprint density at radius 3 is 2.76 bits per heavy atom. The second kappa shape index (κ2) is 5.93. The highest BCUT2D eigenvalue weighted by molar-refractivity contribution is 9.10. The minimum absolute atomic E-state index is 0.0366. The zero-order valence-electron chi connectivity index (χ0n) is 11.4. The molecule has 1 fully saturated rings. The fourth-order valence-electron chi connectivity index (χ4n) is 2.67. The number of rotatable bonds is 2. The third-order valence-corrected chi connectivity index (χ3v) is 4.38. The van der Waals surface area contributed by atoms with Crippen molar-refractivity contribution in [3.8, 4) is 0 Å². The molecule has 0 saturated heterocycles. The van der Waals surface area contributed by atoms with Gasteiger partial charge in [-0.3, -0.25) is 9.59 Å². The molecular formula is C16H15BrN2O2. The smallest absolute Gasteiger partial charge is 0.228 e. The zero-order chi connectivity index (χ0) is 14.8. The number of benzene rings is 1. The lowest BCUT2D eigenvalue weighted by molar-refractivity contribution is -0.125. The summed E-state index contributed by atoms with van der Waals surface area (Å²) in [6.45, 7) is 0. The molecule has 1 aliphatic carbocycles. The first kappa shape index (κ1) is 14.2. The number of hydrogen-bond donors (Lipinski definition) is 1. The Morgan fingerprint density at radius 1 is 1.24 bits per heavy atom. The molecule has 0 unspecified atom stereocenters. The predicted molar refractivity (Wildman–Crippen MR) is 85.0 cm³/mol. The summed E-state index contributed by atoms with van der Waals surface area (Å²) in [5, 5.41) is 4.85. The van der Waals surface area contributed by atoms with Gasteiger partial charge < -0.3 is 5.32 Å². The number of nitrogens with one attached hydrogen (secondary N) is 1. The first-order valence-corrected chi connectivity index (χ1v) is 7.79. The number of nitrogens with zero attached hydrogens (tertiary/aromatic N) is 1. The number of aromatic nitrogens is 1. The summed E-state index contributed by atoms with van der Waals surface area (Å²) >= 11 is 3.44. The fourth-order valence-corrected chi connectivity index (χ4v) is 3.05. The number of pyridine rings is 1. The van der Waals surface area contributed by atoms with Crippen molar-refractivity contribution in [1.29, 1.82) is 0 Å². The number of amides is 1. The van der Waals surface area contributed by atoms with E-state index in [1.807, 2.05) is 24.3 Å². The van der Waals surface area contributed by atoms with E-state index in [9.17, 15) is 9.59 Å². The maximum Gasteiger partial charge on any atom is 0.228 e. The van der Waals surface area contributed by atoms with Gasteiger partial charge in [0.1, 0.15) is 11.6 Å². The number of fused-ring (bicyclic) bond motifs is 1. The van der Waals surface area contributed by atoms with Crippen molar-refractivity contribution in [1.82, 2.24) is 4.98 Å². The van der Waals surface area contributed by atoms with Gasteiger partial charge in [-0.05, 0) is 42.5 Å². The van der Waals surface area contributed by atoms with Gasteiger partial charge in [0.25, 0.3) is 0 Å². The van der Waals surface area contributed by atoms with Gasteiger partial charge in [0.05, 0.1) is 0 Å². The average Bonchev–Trinajstić information content (AvgIpc) is 2.47. The number of Topliss-reactive ketones (excluding diaryl/α,β-unsaturated/α-hetero) is 1. The molecule has 0 aliphatic heterocycles. The first-order valence-electron chi connectivity index (χ1n) is 7.00. The Bertz CT molecular complexity index is 704. The molecule has 0 spiro atoms. The van der Waals surface area contributed by atoms with Crippen LogP contribution < -0.4 is 5.32 Å². The van der Waals surface area contributed by atoms with E-state index in [2.05, 4.69) is 26.2 Å². The predicted octanol–water partition coefficient (Wildman–Crippen LogP) is 3.70. The lowest BCUT2D eigenvalue weighted by Gasteiger charge is -2.20. The molecule has 5 heteroatoms. The summed E-state index contributed by atoms with van der Waals surface area (Å²) in [6.07, 6.45) is 3.98. The van der Waals surface area contributed by atoms with Crippen LogP contribution in [0.4, 0.5) is 5.82 Å². The second-order valence-electron chi connectivity index (χ2n) is 5.33. The summed E-state index contributed by atoms with van der Waals surface area (Å²) < 4.78 is 0.990. The SMILES string of the molecule is O=C1CCC(C(=O)Nc2nccc3cc(Br)ccc23)CC1. The lowest BCUT2D eigenvalue weighted by Crippen LogP contribution is -2.27. The number of ketones is 1. The van der Waals surface area contributed by atoms with Crippen LogP contribution in [-0.4, -0.2) is 16.7 Å². The van der Waals surface area contributed by atoms with Crippen molar-refractivity contribution in [3.05, 3.63) is 34.9 Å². The van der Waals surface area contributed by atoms with Crippen molar-refractivity contribution >= 4 is 44.2 Å². The van der Waals surface area contributed by atoms with Crippen LogP contribution in [0.2, 0.25) is 0 Å². The molecule has 1 amide bonds. The molecule has 0 radical (unpaired) electrons. The topological polar surface area (TPSA) is 59.1 Å². The third kappa shape index (κ3) is 3.13. The number of hydrogen-bond acceptors (Lipinski definition) is 3. The minimum Gasteiger partial charge on any atom is -0.310 e. The molecule has 4 nitrogen and oxygen atoms in total. The Kier molecular flexibility index (Phi) is 4.01. The fraction of sp³-hybridized carbons (Fsp3) is 0.312. The van der Waals surface area contributed by atoms with Gasteiger partial charge in [0.15, 0.2) is 0 Å². The normalized spacial score (nSPS) is 16.1. The van der Waals surface area contributed by atoms with Crippen LogP contribution in [0.5, 0.6) is 0 Å². The maximum absolute atomic E-state index is 12.3. The number of carbonyl (C=O) groups excluding carboxylic acids is 2. The summed E-state index contributed by atoms with van der Waals surface area (Å²) in [4.78, 5) is 27.8. The first-order chi connectivity index (χ1) is 10.1. The van der Waals surface area contributed by atoms with Crippen molar-refractivity contribution in [2.24, 2.45) is 5.92 Å². The zero-order valence-corrected chi connectivity index (χ0v) is 13.0. The van der Waals surface area contributed by atoms with Gasteiger partial charge in [-0.1, -0.05) is 15.9 Å². The van der Waals surface area contributed by atoms with Crippen molar-refractivity contribution in [3.63, 3.8) is 0 Å². The Labute approximate surface area is 131 Å². The standard InChI is InChI=1S/C16H15BrN2O2/c17-12-3-6-14-11(9-12)7-8-18-15(14)19-16(21)10-1-4-13(20)5-2-10/h3,6-10H,1-2,4-5H2,(H,18,19,21). The summed E-state index contributed by atoms with van der Waals surface area (Å²) in [7, 11) is 0. The van der Waals surface area contributed by atoms with Crippen LogP contribution in [0.15, 0.2) is 34.9 Å². The quantitative estimate of drug-likeness (QED) is 0.901. The van der Waals surface area contributed by atoms with Gasteiger partial charge in [-0.25, -0.2) is 4.98 Å². The van der Waals surface area contributed by atoms with E-state index in [1.165, 1.54) is 0 Å². The highest BCUT2D eigenvalue weighted by Crippen LogP contribution is 2.27. The monoisotopic (exact) mass is 346 g/mol. The van der Waals surface area contributed by atoms with Crippen LogP contribution in [0.25, 0.3) is 10.8 Å². The van der Waals surface area contributed by atoms with Crippen molar-refractivity contribution in [2.45, 2.75) is 25.7 Å². The van der Waals surface area contributed by atoms with Crippen LogP contribution in [0.3, 0.4) is 0 Å². The van der Waals surface area contributed by atoms with Gasteiger partial charge >= 0.3 is 0 Å². The third-order valence-electron chi connectivity index (χ3n) is 3.88. The number of halogens is 1. The van der Waals surface area contributed by atoms with Crippen LogP contribution in [-0.2, 0) is 9.59 Å². The highest BCUT2D eigenvalue weighted by Gasteiger charge is 2.25.